The maximum absolute atomic E-state index is 12.9. The van der Waals surface area contributed by atoms with Crippen LogP contribution in [0.3, 0.4) is 0 Å². The normalized spacial score (nSPS) is 13.5. The highest BCUT2D eigenvalue weighted by atomic mass is 79.9. The van der Waals surface area contributed by atoms with E-state index in [0.29, 0.717) is 0 Å². The summed E-state index contributed by atoms with van der Waals surface area (Å²) < 4.78 is 42.9. The van der Waals surface area contributed by atoms with Crippen molar-refractivity contribution in [3.63, 3.8) is 0 Å². The first-order chi connectivity index (χ1) is 10.2. The van der Waals surface area contributed by atoms with Gasteiger partial charge in [-0.1, -0.05) is 0 Å². The molecule has 1 aromatic rings. The quantitative estimate of drug-likeness (QED) is 0.758. The van der Waals surface area contributed by atoms with E-state index in [9.17, 15) is 22.8 Å². The largest absolute Gasteiger partial charge is 0.480 e. The zero-order valence-electron chi connectivity index (χ0n) is 11.4. The molecule has 122 valence electrons. The van der Waals surface area contributed by atoms with Crippen LogP contribution >= 0.6 is 15.9 Å². The Morgan fingerprint density at radius 3 is 2.55 bits per heavy atom. The number of rotatable bonds is 7. The Bertz CT molecular complexity index is 556. The van der Waals surface area contributed by atoms with Crippen molar-refractivity contribution < 1.29 is 32.6 Å². The van der Waals surface area contributed by atoms with Crippen LogP contribution in [0.15, 0.2) is 22.7 Å². The molecule has 0 spiro atoms. The number of amides is 1. The number of hydrogen-bond acceptors (Lipinski definition) is 3. The molecule has 0 bridgehead atoms. The van der Waals surface area contributed by atoms with E-state index < -0.39 is 42.7 Å². The average Bonchev–Trinajstić information content (AvgIpc) is 2.40. The lowest BCUT2D eigenvalue weighted by molar-refractivity contribution is -0.144. The molecular formula is C13H13BrF3NO4. The molecular weight excluding hydrogens is 371 g/mol. The topological polar surface area (TPSA) is 75.6 Å². The second-order valence-electron chi connectivity index (χ2n) is 4.36. The van der Waals surface area contributed by atoms with E-state index in [1.807, 2.05) is 5.32 Å². The molecule has 0 aliphatic rings. The number of carbonyl (C=O) groups is 2. The Morgan fingerprint density at radius 1 is 1.41 bits per heavy atom. The van der Waals surface area contributed by atoms with Crippen LogP contribution < -0.4 is 10.1 Å². The van der Waals surface area contributed by atoms with Gasteiger partial charge in [-0.15, -0.1) is 0 Å². The monoisotopic (exact) mass is 383 g/mol. The van der Waals surface area contributed by atoms with Gasteiger partial charge in [0.1, 0.15) is 17.6 Å². The lowest BCUT2D eigenvalue weighted by Crippen LogP contribution is -2.47. The summed E-state index contributed by atoms with van der Waals surface area (Å²) in [4.78, 5) is 22.6. The summed E-state index contributed by atoms with van der Waals surface area (Å²) in [6.07, 6.45) is -5.03. The van der Waals surface area contributed by atoms with Gasteiger partial charge >= 0.3 is 5.97 Å². The van der Waals surface area contributed by atoms with E-state index in [-0.39, 0.29) is 10.2 Å². The highest BCUT2D eigenvalue weighted by Crippen LogP contribution is 2.26. The van der Waals surface area contributed by atoms with Crippen molar-refractivity contribution in [3.8, 4) is 5.75 Å². The fourth-order valence-electron chi connectivity index (χ4n) is 1.50. The van der Waals surface area contributed by atoms with Gasteiger partial charge in [0.25, 0.3) is 5.91 Å². The summed E-state index contributed by atoms with van der Waals surface area (Å²) >= 11 is 3.04. The second-order valence-corrected chi connectivity index (χ2v) is 5.22. The van der Waals surface area contributed by atoms with E-state index in [4.69, 9.17) is 9.84 Å². The molecule has 1 aromatic carbocycles. The summed E-state index contributed by atoms with van der Waals surface area (Å²) in [7, 11) is 0. The Hall–Kier alpha value is -1.77. The van der Waals surface area contributed by atoms with Crippen LogP contribution in [0.1, 0.15) is 13.3 Å². The minimum atomic E-state index is -2.87. The lowest BCUT2D eigenvalue weighted by atomic mass is 10.2. The SMILES string of the molecule is CC(Oc1ccc(F)cc1Br)C(=O)NC(CC(F)F)C(=O)O. The molecule has 0 fully saturated rings. The number of carboxylic acid groups (broad SMARTS) is 1. The van der Waals surface area contributed by atoms with Crippen molar-refractivity contribution in [2.45, 2.75) is 31.9 Å². The fourth-order valence-corrected chi connectivity index (χ4v) is 1.95. The van der Waals surface area contributed by atoms with Gasteiger partial charge in [-0.3, -0.25) is 4.79 Å². The molecule has 2 N–H and O–H groups in total. The number of alkyl halides is 2. The van der Waals surface area contributed by atoms with Gasteiger partial charge < -0.3 is 15.2 Å². The van der Waals surface area contributed by atoms with Crippen molar-refractivity contribution in [2.75, 3.05) is 0 Å². The molecule has 2 unspecified atom stereocenters. The first kappa shape index (κ1) is 18.3. The molecule has 0 aliphatic carbocycles. The van der Waals surface area contributed by atoms with Crippen molar-refractivity contribution in [1.29, 1.82) is 0 Å². The van der Waals surface area contributed by atoms with Crippen LogP contribution in [-0.4, -0.2) is 35.6 Å². The fraction of sp³-hybridized carbons (Fsp3) is 0.385. The molecule has 2 atom stereocenters. The first-order valence-corrected chi connectivity index (χ1v) is 6.93. The minimum Gasteiger partial charge on any atom is -0.480 e. The molecule has 0 radical (unpaired) electrons. The molecule has 9 heteroatoms. The van der Waals surface area contributed by atoms with Crippen molar-refractivity contribution >= 4 is 27.8 Å². The Morgan fingerprint density at radius 2 is 2.05 bits per heavy atom. The Kier molecular flexibility index (Phi) is 6.66. The van der Waals surface area contributed by atoms with Crippen LogP contribution in [0.2, 0.25) is 0 Å². The minimum absolute atomic E-state index is 0.157. The number of nitrogens with one attached hydrogen (secondary N) is 1. The number of carboxylic acids is 1. The molecule has 0 aliphatic heterocycles. The van der Waals surface area contributed by atoms with Gasteiger partial charge in [0.05, 0.1) is 4.47 Å². The van der Waals surface area contributed by atoms with E-state index in [2.05, 4.69) is 15.9 Å². The van der Waals surface area contributed by atoms with E-state index in [1.54, 1.807) is 0 Å². The van der Waals surface area contributed by atoms with Crippen molar-refractivity contribution in [3.05, 3.63) is 28.5 Å². The molecule has 0 saturated carbocycles. The number of benzene rings is 1. The molecule has 0 aromatic heterocycles. The van der Waals surface area contributed by atoms with Gasteiger partial charge in [-0.2, -0.15) is 0 Å². The van der Waals surface area contributed by atoms with Crippen LogP contribution in [-0.2, 0) is 9.59 Å². The molecule has 0 heterocycles. The number of ether oxygens (including phenoxy) is 1. The third kappa shape index (κ3) is 5.55. The number of halogens is 4. The molecule has 1 rings (SSSR count). The molecule has 0 saturated heterocycles. The summed E-state index contributed by atoms with van der Waals surface area (Å²) in [5.74, 6) is -2.79. The summed E-state index contributed by atoms with van der Waals surface area (Å²) in [6.45, 7) is 1.31. The number of aliphatic carboxylic acids is 1. The Labute approximate surface area is 132 Å². The maximum atomic E-state index is 12.9. The molecule has 22 heavy (non-hydrogen) atoms. The maximum Gasteiger partial charge on any atom is 0.326 e. The smallest absolute Gasteiger partial charge is 0.326 e. The van der Waals surface area contributed by atoms with Gasteiger partial charge in [-0.25, -0.2) is 18.0 Å². The van der Waals surface area contributed by atoms with Gasteiger partial charge in [0.15, 0.2) is 6.10 Å². The average molecular weight is 384 g/mol. The van der Waals surface area contributed by atoms with Crippen LogP contribution in [0, 0.1) is 5.82 Å². The van der Waals surface area contributed by atoms with Crippen LogP contribution in [0.25, 0.3) is 0 Å². The predicted octanol–water partition coefficient (Wildman–Crippen LogP) is 2.58. The summed E-state index contributed by atoms with van der Waals surface area (Å²) in [6, 6.07) is 1.80. The van der Waals surface area contributed by atoms with Crippen molar-refractivity contribution in [1.82, 2.24) is 5.32 Å². The molecule has 5 nitrogen and oxygen atoms in total. The van der Waals surface area contributed by atoms with E-state index in [1.165, 1.54) is 13.0 Å². The Balaban J connectivity index is 2.69. The zero-order chi connectivity index (χ0) is 16.9. The number of carbonyl (C=O) groups excluding carboxylic acids is 1. The second kappa shape index (κ2) is 8.02. The van der Waals surface area contributed by atoms with Gasteiger partial charge in [0.2, 0.25) is 6.43 Å². The van der Waals surface area contributed by atoms with Gasteiger partial charge in [-0.05, 0) is 41.1 Å². The van der Waals surface area contributed by atoms with Crippen LogP contribution in [0.4, 0.5) is 13.2 Å². The standard InChI is InChI=1S/C13H13BrF3NO4/c1-6(22-10-3-2-7(15)4-8(10)14)12(19)18-9(13(20)21)5-11(16)17/h2-4,6,9,11H,5H2,1H3,(H,18,19)(H,20,21). The van der Waals surface area contributed by atoms with E-state index >= 15 is 0 Å². The highest BCUT2D eigenvalue weighted by Gasteiger charge is 2.27. The number of hydrogen-bond donors (Lipinski definition) is 2. The predicted molar refractivity (Wildman–Crippen MR) is 74.4 cm³/mol. The highest BCUT2D eigenvalue weighted by molar-refractivity contribution is 9.10. The third-order valence-electron chi connectivity index (χ3n) is 2.60. The lowest BCUT2D eigenvalue weighted by Gasteiger charge is -2.19. The van der Waals surface area contributed by atoms with E-state index in [0.717, 1.165) is 12.1 Å². The van der Waals surface area contributed by atoms with Gasteiger partial charge in [0, 0.05) is 6.42 Å². The van der Waals surface area contributed by atoms with Crippen LogP contribution in [0.5, 0.6) is 5.75 Å². The first-order valence-electron chi connectivity index (χ1n) is 6.13. The van der Waals surface area contributed by atoms with Crippen molar-refractivity contribution in [2.24, 2.45) is 0 Å². The summed E-state index contributed by atoms with van der Waals surface area (Å²) in [5, 5.41) is 10.7. The molecule has 1 amide bonds. The zero-order valence-corrected chi connectivity index (χ0v) is 12.9. The third-order valence-corrected chi connectivity index (χ3v) is 3.22. The summed E-state index contributed by atoms with van der Waals surface area (Å²) in [5.41, 5.74) is 0.